The zero-order valence-corrected chi connectivity index (χ0v) is 10.8. The van der Waals surface area contributed by atoms with E-state index in [0.29, 0.717) is 27.3 Å². The van der Waals surface area contributed by atoms with E-state index in [0.717, 1.165) is 0 Å². The third-order valence-corrected chi connectivity index (χ3v) is 3.05. The van der Waals surface area contributed by atoms with Crippen LogP contribution in [-0.4, -0.2) is 25.3 Å². The van der Waals surface area contributed by atoms with Crippen molar-refractivity contribution in [1.29, 1.82) is 0 Å². The number of nitrogens with one attached hydrogen (secondary N) is 1. The number of nitrogens with zero attached hydrogens (tertiary/aromatic N) is 4. The van der Waals surface area contributed by atoms with E-state index in [4.69, 9.17) is 33.5 Å². The number of halogens is 2. The number of hydrogen-bond donors (Lipinski definition) is 2. The summed E-state index contributed by atoms with van der Waals surface area (Å²) in [7, 11) is 0. The Morgan fingerprint density at radius 1 is 1.16 bits per heavy atom. The molecule has 19 heavy (non-hydrogen) atoms. The van der Waals surface area contributed by atoms with Gasteiger partial charge in [0.15, 0.2) is 0 Å². The maximum atomic E-state index is 5.93. The van der Waals surface area contributed by atoms with Crippen LogP contribution in [0.4, 0.5) is 5.95 Å². The van der Waals surface area contributed by atoms with Crippen LogP contribution in [0.15, 0.2) is 22.7 Å². The van der Waals surface area contributed by atoms with Gasteiger partial charge in [-0.3, -0.25) is 5.10 Å². The molecule has 0 amide bonds. The van der Waals surface area contributed by atoms with Gasteiger partial charge in [-0.05, 0) is 18.2 Å². The molecule has 0 saturated carbocycles. The monoisotopic (exact) mass is 296 g/mol. The number of nitrogens with two attached hydrogens (primary N) is 1. The lowest BCUT2D eigenvalue weighted by atomic mass is 10.2. The highest BCUT2D eigenvalue weighted by Gasteiger charge is 2.14. The van der Waals surface area contributed by atoms with Gasteiger partial charge in [0.1, 0.15) is 0 Å². The molecule has 3 N–H and O–H groups in total. The van der Waals surface area contributed by atoms with Crippen LogP contribution in [0.5, 0.6) is 0 Å². The maximum absolute atomic E-state index is 5.93. The van der Waals surface area contributed by atoms with E-state index in [9.17, 15) is 0 Å². The highest BCUT2D eigenvalue weighted by molar-refractivity contribution is 6.42. The summed E-state index contributed by atoms with van der Waals surface area (Å²) in [5.74, 6) is 0.953. The Kier molecular flexibility index (Phi) is 2.84. The van der Waals surface area contributed by atoms with Crippen molar-refractivity contribution >= 4 is 29.2 Å². The van der Waals surface area contributed by atoms with Crippen molar-refractivity contribution in [2.45, 2.75) is 0 Å². The molecule has 0 aliphatic rings. The zero-order valence-electron chi connectivity index (χ0n) is 9.26. The standard InChI is InChI=1S/C10H6Cl2N6O/c11-5-2-1-4(3-6(5)12)7-14-9(19-18-7)8-15-10(13)17-16-8/h1-3H,(H3,13,15,16,17). The van der Waals surface area contributed by atoms with Gasteiger partial charge in [-0.2, -0.15) is 9.97 Å². The molecule has 0 aliphatic heterocycles. The summed E-state index contributed by atoms with van der Waals surface area (Å²) < 4.78 is 5.06. The van der Waals surface area contributed by atoms with Crippen molar-refractivity contribution in [3.8, 4) is 23.1 Å². The molecule has 0 saturated heterocycles. The summed E-state index contributed by atoms with van der Waals surface area (Å²) in [6.45, 7) is 0. The van der Waals surface area contributed by atoms with Gasteiger partial charge in [0.05, 0.1) is 10.0 Å². The molecule has 0 fully saturated rings. The summed E-state index contributed by atoms with van der Waals surface area (Å²) in [5, 5.41) is 10.9. The molecule has 7 nitrogen and oxygen atoms in total. The maximum Gasteiger partial charge on any atom is 0.295 e. The van der Waals surface area contributed by atoms with Crippen LogP contribution >= 0.6 is 23.2 Å². The fourth-order valence-electron chi connectivity index (χ4n) is 1.44. The van der Waals surface area contributed by atoms with Crippen LogP contribution in [0.3, 0.4) is 0 Å². The third-order valence-electron chi connectivity index (χ3n) is 2.31. The summed E-state index contributed by atoms with van der Waals surface area (Å²) in [5.41, 5.74) is 6.07. The van der Waals surface area contributed by atoms with Gasteiger partial charge in [-0.15, -0.1) is 5.10 Å². The van der Waals surface area contributed by atoms with Crippen LogP contribution < -0.4 is 5.73 Å². The van der Waals surface area contributed by atoms with Gasteiger partial charge in [-0.25, -0.2) is 0 Å². The smallest absolute Gasteiger partial charge is 0.295 e. The molecule has 96 valence electrons. The van der Waals surface area contributed by atoms with Crippen molar-refractivity contribution in [1.82, 2.24) is 25.3 Å². The Morgan fingerprint density at radius 2 is 2.00 bits per heavy atom. The van der Waals surface area contributed by atoms with Gasteiger partial charge >= 0.3 is 0 Å². The normalized spacial score (nSPS) is 10.8. The molecule has 2 aromatic heterocycles. The highest BCUT2D eigenvalue weighted by Crippen LogP contribution is 2.27. The second-order valence-electron chi connectivity index (χ2n) is 3.59. The first kappa shape index (κ1) is 11.9. The number of aromatic amines is 1. The Hall–Kier alpha value is -2.12. The predicted molar refractivity (Wildman–Crippen MR) is 69.5 cm³/mol. The van der Waals surface area contributed by atoms with E-state index in [1.54, 1.807) is 18.2 Å². The van der Waals surface area contributed by atoms with E-state index < -0.39 is 0 Å². The van der Waals surface area contributed by atoms with Crippen molar-refractivity contribution in [2.75, 3.05) is 5.73 Å². The largest absolute Gasteiger partial charge is 0.366 e. The van der Waals surface area contributed by atoms with Gasteiger partial charge in [-0.1, -0.05) is 28.4 Å². The highest BCUT2D eigenvalue weighted by atomic mass is 35.5. The molecule has 3 rings (SSSR count). The van der Waals surface area contributed by atoms with Gasteiger partial charge in [0, 0.05) is 5.56 Å². The predicted octanol–water partition coefficient (Wildman–Crippen LogP) is 2.41. The molecule has 9 heteroatoms. The minimum Gasteiger partial charge on any atom is -0.366 e. The third kappa shape index (κ3) is 2.25. The van der Waals surface area contributed by atoms with Gasteiger partial charge < -0.3 is 10.3 Å². The van der Waals surface area contributed by atoms with Gasteiger partial charge in [0.25, 0.3) is 5.89 Å². The first-order valence-electron chi connectivity index (χ1n) is 5.11. The average Bonchev–Trinajstić information content (AvgIpc) is 3.01. The number of anilines is 1. The number of benzene rings is 1. The minimum absolute atomic E-state index is 0.101. The lowest BCUT2D eigenvalue weighted by Crippen LogP contribution is -1.85. The first-order chi connectivity index (χ1) is 9.13. The Balaban J connectivity index is 1.98. The second kappa shape index (κ2) is 4.52. The molecule has 2 heterocycles. The molecule has 0 spiro atoms. The van der Waals surface area contributed by atoms with E-state index in [1.807, 2.05) is 0 Å². The van der Waals surface area contributed by atoms with E-state index >= 15 is 0 Å². The summed E-state index contributed by atoms with van der Waals surface area (Å²) in [6.07, 6.45) is 0. The number of rotatable bonds is 2. The van der Waals surface area contributed by atoms with Gasteiger partial charge in [0.2, 0.25) is 17.6 Å². The molecule has 0 atom stereocenters. The fraction of sp³-hybridized carbons (Fsp3) is 0. The average molecular weight is 297 g/mol. The summed E-state index contributed by atoms with van der Waals surface area (Å²) in [4.78, 5) is 8.05. The number of nitrogen functional groups attached to an aromatic ring is 1. The summed E-state index contributed by atoms with van der Waals surface area (Å²) >= 11 is 11.8. The fourth-order valence-corrected chi connectivity index (χ4v) is 1.74. The Labute approximate surface area is 116 Å². The van der Waals surface area contributed by atoms with Crippen molar-refractivity contribution < 1.29 is 4.52 Å². The molecular weight excluding hydrogens is 291 g/mol. The lowest BCUT2D eigenvalue weighted by Gasteiger charge is -1.97. The van der Waals surface area contributed by atoms with Crippen molar-refractivity contribution in [3.63, 3.8) is 0 Å². The van der Waals surface area contributed by atoms with E-state index in [-0.39, 0.29) is 11.8 Å². The van der Waals surface area contributed by atoms with Crippen LogP contribution in [0.2, 0.25) is 10.0 Å². The van der Waals surface area contributed by atoms with E-state index in [1.165, 1.54) is 0 Å². The molecule has 1 aromatic carbocycles. The lowest BCUT2D eigenvalue weighted by molar-refractivity contribution is 0.429. The van der Waals surface area contributed by atoms with Crippen LogP contribution in [0.1, 0.15) is 0 Å². The van der Waals surface area contributed by atoms with Crippen LogP contribution in [0, 0.1) is 0 Å². The SMILES string of the molecule is Nc1n[nH]c(-c2nc(-c3ccc(Cl)c(Cl)c3)no2)n1. The quantitative estimate of drug-likeness (QED) is 0.752. The summed E-state index contributed by atoms with van der Waals surface area (Å²) in [6, 6.07) is 5.03. The van der Waals surface area contributed by atoms with Crippen LogP contribution in [0.25, 0.3) is 23.1 Å². The first-order valence-corrected chi connectivity index (χ1v) is 5.86. The number of hydrogen-bond acceptors (Lipinski definition) is 6. The van der Waals surface area contributed by atoms with Crippen molar-refractivity contribution in [2.24, 2.45) is 0 Å². The molecule has 0 unspecified atom stereocenters. The minimum atomic E-state index is 0.101. The molecule has 0 radical (unpaired) electrons. The zero-order chi connectivity index (χ0) is 13.4. The van der Waals surface area contributed by atoms with Crippen LogP contribution in [-0.2, 0) is 0 Å². The number of aromatic nitrogens is 5. The van der Waals surface area contributed by atoms with E-state index in [2.05, 4.69) is 25.3 Å². The Bertz CT molecular complexity index is 737. The molecule has 0 bridgehead atoms. The second-order valence-corrected chi connectivity index (χ2v) is 4.41. The Morgan fingerprint density at radius 3 is 2.68 bits per heavy atom. The molecule has 0 aliphatic carbocycles. The topological polar surface area (TPSA) is 107 Å². The molecule has 3 aromatic rings. The van der Waals surface area contributed by atoms with Crippen molar-refractivity contribution in [3.05, 3.63) is 28.2 Å². The number of H-pyrrole nitrogens is 1. The molecular formula is C10H6Cl2N6O.